The van der Waals surface area contributed by atoms with Gasteiger partial charge in [0.15, 0.2) is 0 Å². The molecule has 0 bridgehead atoms. The Balaban J connectivity index is 2.03. The molecule has 3 heteroatoms. The van der Waals surface area contributed by atoms with Gasteiger partial charge in [0.25, 0.3) is 0 Å². The molecule has 1 heterocycles. The van der Waals surface area contributed by atoms with Crippen LogP contribution in [-0.4, -0.2) is 48.3 Å². The summed E-state index contributed by atoms with van der Waals surface area (Å²) in [5.74, 6) is 0.768. The molecule has 2 unspecified atom stereocenters. The first-order valence-electron chi connectivity index (χ1n) is 8.71. The second-order valence-electron chi connectivity index (χ2n) is 9.11. The summed E-state index contributed by atoms with van der Waals surface area (Å²) in [5.41, 5.74) is 0.352. The van der Waals surface area contributed by atoms with Gasteiger partial charge < -0.3 is 10.1 Å². The predicted octanol–water partition coefficient (Wildman–Crippen LogP) is 3.29. The normalized spacial score (nSPS) is 35.0. The fourth-order valence-electron chi connectivity index (χ4n) is 4.78. The molecule has 1 aliphatic carbocycles. The Hall–Kier alpha value is -0.120. The van der Waals surface area contributed by atoms with Crippen LogP contribution < -0.4 is 5.32 Å². The summed E-state index contributed by atoms with van der Waals surface area (Å²) >= 11 is 0. The molecule has 2 aliphatic rings. The summed E-state index contributed by atoms with van der Waals surface area (Å²) in [7, 11) is 0. The van der Waals surface area contributed by atoms with Crippen molar-refractivity contribution in [3.63, 3.8) is 0 Å². The average molecular weight is 296 g/mol. The molecule has 0 aromatic rings. The molecular weight excluding hydrogens is 260 g/mol. The first kappa shape index (κ1) is 17.2. The van der Waals surface area contributed by atoms with Crippen molar-refractivity contribution in [3.8, 4) is 0 Å². The first-order chi connectivity index (χ1) is 9.55. The molecule has 1 saturated carbocycles. The third-order valence-corrected chi connectivity index (χ3v) is 5.15. The molecule has 0 aromatic carbocycles. The van der Waals surface area contributed by atoms with Gasteiger partial charge in [0.05, 0.1) is 11.2 Å². The van der Waals surface area contributed by atoms with Crippen LogP contribution >= 0.6 is 0 Å². The second kappa shape index (κ2) is 5.82. The summed E-state index contributed by atoms with van der Waals surface area (Å²) in [4.78, 5) is 2.64. The molecule has 1 aliphatic heterocycles. The molecule has 0 amide bonds. The minimum absolute atomic E-state index is 0.0381. The van der Waals surface area contributed by atoms with Crippen LogP contribution in [0.5, 0.6) is 0 Å². The van der Waals surface area contributed by atoms with E-state index in [-0.39, 0.29) is 11.2 Å². The van der Waals surface area contributed by atoms with E-state index < -0.39 is 0 Å². The van der Waals surface area contributed by atoms with Crippen LogP contribution in [0.15, 0.2) is 0 Å². The number of ether oxygens (including phenoxy) is 1. The average Bonchev–Trinajstić information content (AvgIpc) is 2.52. The number of rotatable bonds is 4. The van der Waals surface area contributed by atoms with E-state index in [9.17, 15) is 0 Å². The van der Waals surface area contributed by atoms with Crippen LogP contribution in [0.4, 0.5) is 0 Å². The van der Waals surface area contributed by atoms with Gasteiger partial charge in [-0.1, -0.05) is 20.8 Å². The van der Waals surface area contributed by atoms with Crippen molar-refractivity contribution in [2.75, 3.05) is 26.2 Å². The van der Waals surface area contributed by atoms with Crippen LogP contribution in [0.3, 0.4) is 0 Å². The lowest BCUT2D eigenvalue weighted by molar-refractivity contribution is -0.182. The lowest BCUT2D eigenvalue weighted by Gasteiger charge is -2.48. The molecule has 21 heavy (non-hydrogen) atoms. The summed E-state index contributed by atoms with van der Waals surface area (Å²) in [6.45, 7) is 20.3. The molecule has 0 aromatic heterocycles. The largest absolute Gasteiger partial charge is 0.367 e. The summed E-state index contributed by atoms with van der Waals surface area (Å²) in [6, 6.07) is 0.650. The van der Waals surface area contributed by atoms with Crippen LogP contribution in [-0.2, 0) is 4.74 Å². The Bertz CT molecular complexity index is 346. The van der Waals surface area contributed by atoms with Crippen LogP contribution in [0, 0.1) is 11.3 Å². The lowest BCUT2D eigenvalue weighted by Crippen LogP contribution is -2.58. The third-order valence-electron chi connectivity index (χ3n) is 5.15. The topological polar surface area (TPSA) is 24.5 Å². The zero-order valence-corrected chi connectivity index (χ0v) is 15.3. The Kier molecular flexibility index (Phi) is 4.78. The van der Waals surface area contributed by atoms with Gasteiger partial charge in [0.1, 0.15) is 0 Å². The number of hydrogen-bond acceptors (Lipinski definition) is 3. The minimum Gasteiger partial charge on any atom is -0.367 e. The molecule has 1 N–H and O–H groups in total. The fourth-order valence-corrected chi connectivity index (χ4v) is 4.78. The third kappa shape index (κ3) is 4.20. The Morgan fingerprint density at radius 1 is 1.05 bits per heavy atom. The van der Waals surface area contributed by atoms with E-state index in [0.717, 1.165) is 25.6 Å². The quantitative estimate of drug-likeness (QED) is 0.861. The van der Waals surface area contributed by atoms with Crippen LogP contribution in [0.25, 0.3) is 0 Å². The van der Waals surface area contributed by atoms with Gasteiger partial charge in [0, 0.05) is 25.7 Å². The maximum absolute atomic E-state index is 6.21. The van der Waals surface area contributed by atoms with E-state index in [0.29, 0.717) is 11.5 Å². The minimum atomic E-state index is -0.0381. The number of hydrogen-bond donors (Lipinski definition) is 1. The van der Waals surface area contributed by atoms with E-state index in [4.69, 9.17) is 4.74 Å². The van der Waals surface area contributed by atoms with Gasteiger partial charge in [-0.25, -0.2) is 0 Å². The van der Waals surface area contributed by atoms with Gasteiger partial charge in [-0.3, -0.25) is 4.90 Å². The van der Waals surface area contributed by atoms with Gasteiger partial charge in [-0.2, -0.15) is 0 Å². The van der Waals surface area contributed by atoms with E-state index in [1.54, 1.807) is 0 Å². The smallest absolute Gasteiger partial charge is 0.0760 e. The zero-order valence-electron chi connectivity index (χ0n) is 15.3. The van der Waals surface area contributed by atoms with Gasteiger partial charge in [-0.15, -0.1) is 0 Å². The summed E-state index contributed by atoms with van der Waals surface area (Å²) < 4.78 is 6.21. The summed E-state index contributed by atoms with van der Waals surface area (Å²) in [6.07, 6.45) is 2.69. The van der Waals surface area contributed by atoms with Crippen molar-refractivity contribution in [2.45, 2.75) is 78.6 Å². The maximum atomic E-state index is 6.21. The lowest BCUT2D eigenvalue weighted by atomic mass is 9.84. The highest BCUT2D eigenvalue weighted by molar-refractivity contribution is 4.98. The SMILES string of the molecule is CCNC1C(CN2CC(C)(C)OC(C)(C)C2)CCC1(C)C. The number of nitrogens with one attached hydrogen (secondary N) is 1. The predicted molar refractivity (Wildman–Crippen MR) is 89.7 cm³/mol. The molecular formula is C18H36N2O. The fraction of sp³-hybridized carbons (Fsp3) is 1.00. The van der Waals surface area contributed by atoms with E-state index >= 15 is 0 Å². The Labute approximate surface area is 131 Å². The number of morpholine rings is 1. The van der Waals surface area contributed by atoms with Gasteiger partial charge in [0.2, 0.25) is 0 Å². The Morgan fingerprint density at radius 2 is 1.62 bits per heavy atom. The van der Waals surface area contributed by atoms with Crippen molar-refractivity contribution in [1.29, 1.82) is 0 Å². The maximum Gasteiger partial charge on any atom is 0.0760 e. The summed E-state index contributed by atoms with van der Waals surface area (Å²) in [5, 5.41) is 3.76. The second-order valence-corrected chi connectivity index (χ2v) is 9.11. The van der Waals surface area contributed by atoms with E-state index in [2.05, 4.69) is 58.7 Å². The number of nitrogens with zero attached hydrogens (tertiary/aromatic N) is 1. The van der Waals surface area contributed by atoms with Crippen molar-refractivity contribution in [3.05, 3.63) is 0 Å². The van der Waals surface area contributed by atoms with Gasteiger partial charge in [-0.05, 0) is 58.4 Å². The first-order valence-corrected chi connectivity index (χ1v) is 8.71. The molecule has 2 atom stereocenters. The highest BCUT2D eigenvalue weighted by Crippen LogP contribution is 2.42. The molecule has 2 rings (SSSR count). The van der Waals surface area contributed by atoms with Crippen molar-refractivity contribution in [1.82, 2.24) is 10.2 Å². The molecule has 3 nitrogen and oxygen atoms in total. The highest BCUT2D eigenvalue weighted by Gasteiger charge is 2.44. The van der Waals surface area contributed by atoms with E-state index in [1.165, 1.54) is 19.4 Å². The van der Waals surface area contributed by atoms with Crippen molar-refractivity contribution in [2.24, 2.45) is 11.3 Å². The monoisotopic (exact) mass is 296 g/mol. The highest BCUT2D eigenvalue weighted by atomic mass is 16.5. The van der Waals surface area contributed by atoms with Crippen molar-refractivity contribution < 1.29 is 4.74 Å². The van der Waals surface area contributed by atoms with E-state index in [1.807, 2.05) is 0 Å². The molecule has 2 fully saturated rings. The zero-order chi connectivity index (χ0) is 15.9. The van der Waals surface area contributed by atoms with Crippen LogP contribution in [0.2, 0.25) is 0 Å². The van der Waals surface area contributed by atoms with Crippen molar-refractivity contribution >= 4 is 0 Å². The van der Waals surface area contributed by atoms with Gasteiger partial charge >= 0.3 is 0 Å². The standard InChI is InChI=1S/C18H36N2O/c1-8-19-15-14(9-10-16(15,2)3)11-20-12-17(4,5)21-18(6,7)13-20/h14-15,19H,8-13H2,1-7H3. The molecule has 0 spiro atoms. The van der Waals surface area contributed by atoms with Crippen LogP contribution in [0.1, 0.15) is 61.3 Å². The molecule has 124 valence electrons. The Morgan fingerprint density at radius 3 is 2.14 bits per heavy atom. The molecule has 1 saturated heterocycles. The molecule has 0 radical (unpaired) electrons.